The van der Waals surface area contributed by atoms with Crippen molar-refractivity contribution in [2.45, 2.75) is 19.4 Å². The number of nitrogens with zero attached hydrogens (tertiary/aromatic N) is 1. The van der Waals surface area contributed by atoms with Crippen LogP contribution in [0.5, 0.6) is 0 Å². The van der Waals surface area contributed by atoms with Crippen LogP contribution >= 0.6 is 11.8 Å². The van der Waals surface area contributed by atoms with Crippen LogP contribution in [-0.2, 0) is 0 Å². The molecule has 3 nitrogen and oxygen atoms in total. The molecule has 0 radical (unpaired) electrons. The van der Waals surface area contributed by atoms with E-state index in [0.29, 0.717) is 0 Å². The Bertz CT molecular complexity index is 296. The van der Waals surface area contributed by atoms with Crippen LogP contribution in [-0.4, -0.2) is 16.5 Å². The zero-order valence-corrected chi connectivity index (χ0v) is 9.56. The van der Waals surface area contributed by atoms with E-state index in [4.69, 9.17) is 5.84 Å². The number of nitrogens with one attached hydrogen (secondary N) is 1. The van der Waals surface area contributed by atoms with Gasteiger partial charge >= 0.3 is 0 Å². The van der Waals surface area contributed by atoms with Crippen LogP contribution in [0.4, 0.5) is 4.39 Å². The number of hydrogen-bond acceptors (Lipinski definition) is 4. The van der Waals surface area contributed by atoms with Gasteiger partial charge in [-0.25, -0.2) is 4.39 Å². The fraction of sp³-hybridized carbons (Fsp3) is 0.500. The summed E-state index contributed by atoms with van der Waals surface area (Å²) in [4.78, 5) is 3.80. The lowest BCUT2D eigenvalue weighted by molar-refractivity contribution is 0.585. The van der Waals surface area contributed by atoms with Crippen molar-refractivity contribution >= 4 is 11.8 Å². The van der Waals surface area contributed by atoms with Gasteiger partial charge in [-0.05, 0) is 23.8 Å². The summed E-state index contributed by atoms with van der Waals surface area (Å²) in [5, 5.41) is 0. The summed E-state index contributed by atoms with van der Waals surface area (Å²) in [5.41, 5.74) is 3.47. The van der Waals surface area contributed by atoms with E-state index in [1.165, 1.54) is 12.3 Å². The summed E-state index contributed by atoms with van der Waals surface area (Å²) in [5.74, 6) is 7.01. The molecule has 3 N–H and O–H groups in total. The molecule has 1 heterocycles. The van der Waals surface area contributed by atoms with Crippen LogP contribution in [0, 0.1) is 5.82 Å². The summed E-state index contributed by atoms with van der Waals surface area (Å²) >= 11 is 1.79. The van der Waals surface area contributed by atoms with Crippen LogP contribution in [0.2, 0.25) is 0 Å². The normalized spacial score (nSPS) is 12.7. The Morgan fingerprint density at radius 2 is 2.40 bits per heavy atom. The van der Waals surface area contributed by atoms with Gasteiger partial charge in [-0.15, -0.1) is 0 Å². The van der Waals surface area contributed by atoms with Crippen LogP contribution in [0.25, 0.3) is 0 Å². The van der Waals surface area contributed by atoms with Gasteiger partial charge in [0.25, 0.3) is 0 Å². The Hall–Kier alpha value is -0.650. The van der Waals surface area contributed by atoms with Crippen molar-refractivity contribution in [2.75, 3.05) is 11.5 Å². The van der Waals surface area contributed by atoms with Crippen molar-refractivity contribution in [3.63, 3.8) is 0 Å². The third-order valence-corrected chi connectivity index (χ3v) is 3.23. The largest absolute Gasteiger partial charge is 0.271 e. The fourth-order valence-electron chi connectivity index (χ4n) is 1.20. The SMILES string of the molecule is CCCSCC(NN)c1cncc(F)c1. The molecule has 0 bridgehead atoms. The molecule has 0 spiro atoms. The number of thioether (sulfide) groups is 1. The first-order valence-corrected chi connectivity index (χ1v) is 6.07. The third-order valence-electron chi connectivity index (χ3n) is 1.96. The first kappa shape index (κ1) is 12.4. The molecule has 1 rings (SSSR count). The Balaban J connectivity index is 2.57. The monoisotopic (exact) mass is 229 g/mol. The topological polar surface area (TPSA) is 50.9 Å². The minimum Gasteiger partial charge on any atom is -0.271 e. The van der Waals surface area contributed by atoms with E-state index in [-0.39, 0.29) is 11.9 Å². The van der Waals surface area contributed by atoms with Crippen molar-refractivity contribution < 1.29 is 4.39 Å². The van der Waals surface area contributed by atoms with E-state index in [0.717, 1.165) is 23.5 Å². The minimum atomic E-state index is -0.326. The highest BCUT2D eigenvalue weighted by Gasteiger charge is 2.10. The maximum Gasteiger partial charge on any atom is 0.141 e. The highest BCUT2D eigenvalue weighted by molar-refractivity contribution is 7.99. The molecule has 0 aliphatic carbocycles. The Labute approximate surface area is 93.6 Å². The minimum absolute atomic E-state index is 0.0373. The van der Waals surface area contributed by atoms with E-state index >= 15 is 0 Å². The van der Waals surface area contributed by atoms with Gasteiger partial charge in [-0.3, -0.25) is 16.3 Å². The Morgan fingerprint density at radius 1 is 1.60 bits per heavy atom. The molecule has 0 aromatic carbocycles. The molecule has 1 aromatic heterocycles. The van der Waals surface area contributed by atoms with Crippen molar-refractivity contribution in [1.82, 2.24) is 10.4 Å². The Kier molecular flexibility index (Phi) is 5.60. The number of halogens is 1. The summed E-state index contributed by atoms with van der Waals surface area (Å²) < 4.78 is 12.9. The predicted molar refractivity (Wildman–Crippen MR) is 61.9 cm³/mol. The molecule has 0 fully saturated rings. The fourth-order valence-corrected chi connectivity index (χ4v) is 2.18. The molecule has 0 saturated heterocycles. The van der Waals surface area contributed by atoms with Crippen molar-refractivity contribution in [2.24, 2.45) is 5.84 Å². The standard InChI is InChI=1S/C10H16FN3S/c1-2-3-15-7-10(14-12)8-4-9(11)6-13-5-8/h4-6,10,14H,2-3,7,12H2,1H3. The van der Waals surface area contributed by atoms with Gasteiger partial charge in [-0.1, -0.05) is 6.92 Å². The van der Waals surface area contributed by atoms with E-state index < -0.39 is 0 Å². The smallest absolute Gasteiger partial charge is 0.141 e. The molecule has 0 amide bonds. The van der Waals surface area contributed by atoms with Gasteiger partial charge in [0.1, 0.15) is 5.82 Å². The molecular weight excluding hydrogens is 213 g/mol. The van der Waals surface area contributed by atoms with Crippen LogP contribution in [0.3, 0.4) is 0 Å². The molecule has 1 atom stereocenters. The molecule has 0 saturated carbocycles. The number of hydrazine groups is 1. The van der Waals surface area contributed by atoms with Gasteiger partial charge in [0, 0.05) is 11.9 Å². The number of aromatic nitrogens is 1. The third kappa shape index (κ3) is 4.15. The lowest BCUT2D eigenvalue weighted by Gasteiger charge is -2.15. The van der Waals surface area contributed by atoms with Gasteiger partial charge in [-0.2, -0.15) is 11.8 Å². The van der Waals surface area contributed by atoms with E-state index in [1.54, 1.807) is 18.0 Å². The zero-order chi connectivity index (χ0) is 11.1. The maximum atomic E-state index is 12.9. The number of rotatable bonds is 6. The molecule has 5 heteroatoms. The summed E-state index contributed by atoms with van der Waals surface area (Å²) in [6, 6.07) is 1.43. The van der Waals surface area contributed by atoms with Gasteiger partial charge in [0.05, 0.1) is 12.2 Å². The number of pyridine rings is 1. The number of nitrogens with two attached hydrogens (primary N) is 1. The molecular formula is C10H16FN3S. The first-order chi connectivity index (χ1) is 7.27. The van der Waals surface area contributed by atoms with Crippen LogP contribution in [0.1, 0.15) is 24.9 Å². The van der Waals surface area contributed by atoms with Crippen molar-refractivity contribution in [3.8, 4) is 0 Å². The number of hydrogen-bond donors (Lipinski definition) is 2. The highest BCUT2D eigenvalue weighted by atomic mass is 32.2. The van der Waals surface area contributed by atoms with Crippen molar-refractivity contribution in [3.05, 3.63) is 29.8 Å². The van der Waals surface area contributed by atoms with Crippen LogP contribution < -0.4 is 11.3 Å². The quantitative estimate of drug-likeness (QED) is 0.444. The summed E-state index contributed by atoms with van der Waals surface area (Å²) in [7, 11) is 0. The molecule has 84 valence electrons. The van der Waals surface area contributed by atoms with E-state index in [1.807, 2.05) is 0 Å². The molecule has 1 aromatic rings. The second kappa shape index (κ2) is 6.76. The summed E-state index contributed by atoms with van der Waals surface area (Å²) in [6.45, 7) is 2.13. The zero-order valence-electron chi connectivity index (χ0n) is 8.74. The van der Waals surface area contributed by atoms with Crippen LogP contribution in [0.15, 0.2) is 18.5 Å². The second-order valence-corrected chi connectivity index (χ2v) is 4.38. The average molecular weight is 229 g/mol. The van der Waals surface area contributed by atoms with Crippen molar-refractivity contribution in [1.29, 1.82) is 0 Å². The molecule has 0 aliphatic heterocycles. The second-order valence-electron chi connectivity index (χ2n) is 3.23. The van der Waals surface area contributed by atoms with E-state index in [9.17, 15) is 4.39 Å². The maximum absolute atomic E-state index is 12.9. The molecule has 15 heavy (non-hydrogen) atoms. The van der Waals surface area contributed by atoms with Gasteiger partial charge in [0.2, 0.25) is 0 Å². The highest BCUT2D eigenvalue weighted by Crippen LogP contribution is 2.17. The molecule has 1 unspecified atom stereocenters. The average Bonchev–Trinajstić information content (AvgIpc) is 2.24. The summed E-state index contributed by atoms with van der Waals surface area (Å²) in [6.07, 6.45) is 3.96. The van der Waals surface area contributed by atoms with E-state index in [2.05, 4.69) is 17.3 Å². The lowest BCUT2D eigenvalue weighted by atomic mass is 10.1. The molecule has 0 aliphatic rings. The predicted octanol–water partition coefficient (Wildman–Crippen LogP) is 1.87. The Morgan fingerprint density at radius 3 is 3.00 bits per heavy atom. The first-order valence-electron chi connectivity index (χ1n) is 4.92. The van der Waals surface area contributed by atoms with Gasteiger partial charge < -0.3 is 0 Å². The lowest BCUT2D eigenvalue weighted by Crippen LogP contribution is -2.30. The van der Waals surface area contributed by atoms with Gasteiger partial charge in [0.15, 0.2) is 0 Å².